The third-order valence-electron chi connectivity index (χ3n) is 2.41. The number of para-hydroxylation sites is 1. The Bertz CT molecular complexity index is 737. The van der Waals surface area contributed by atoms with E-state index in [0.29, 0.717) is 10.1 Å². The SMILES string of the molecule is CSc1nn(C(=O)Oc2ccccc2)c(=NC(=O)N(C)C)s1. The highest BCUT2D eigenvalue weighted by atomic mass is 32.2. The number of nitrogens with zero attached hydrogens (tertiary/aromatic N) is 4. The van der Waals surface area contributed by atoms with E-state index in [-0.39, 0.29) is 4.80 Å². The number of rotatable bonds is 2. The van der Waals surface area contributed by atoms with E-state index in [4.69, 9.17) is 4.74 Å². The van der Waals surface area contributed by atoms with Gasteiger partial charge in [0.25, 0.3) is 0 Å². The molecule has 1 heterocycles. The van der Waals surface area contributed by atoms with Gasteiger partial charge in [0.15, 0.2) is 4.34 Å². The van der Waals surface area contributed by atoms with Crippen LogP contribution in [0.25, 0.3) is 0 Å². The topological polar surface area (TPSA) is 76.8 Å². The van der Waals surface area contributed by atoms with Gasteiger partial charge in [0, 0.05) is 14.1 Å². The van der Waals surface area contributed by atoms with Gasteiger partial charge in [-0.05, 0) is 18.4 Å². The fourth-order valence-electron chi connectivity index (χ4n) is 1.35. The van der Waals surface area contributed by atoms with Crippen LogP contribution in [0.5, 0.6) is 5.75 Å². The fraction of sp³-hybridized carbons (Fsp3) is 0.231. The molecule has 7 nitrogen and oxygen atoms in total. The van der Waals surface area contributed by atoms with Crippen molar-refractivity contribution in [2.24, 2.45) is 4.99 Å². The highest BCUT2D eigenvalue weighted by Gasteiger charge is 2.15. The summed E-state index contributed by atoms with van der Waals surface area (Å²) < 4.78 is 6.81. The molecule has 1 aromatic carbocycles. The van der Waals surface area contributed by atoms with Crippen LogP contribution in [-0.2, 0) is 0 Å². The van der Waals surface area contributed by atoms with Gasteiger partial charge in [-0.2, -0.15) is 4.99 Å². The first-order valence-corrected chi connectivity index (χ1v) is 8.23. The first-order valence-electron chi connectivity index (χ1n) is 6.18. The van der Waals surface area contributed by atoms with E-state index in [9.17, 15) is 9.59 Å². The minimum absolute atomic E-state index is 0.170. The summed E-state index contributed by atoms with van der Waals surface area (Å²) in [5, 5.41) is 4.10. The zero-order valence-electron chi connectivity index (χ0n) is 12.2. The predicted molar refractivity (Wildman–Crippen MR) is 84.4 cm³/mol. The van der Waals surface area contributed by atoms with Gasteiger partial charge in [-0.1, -0.05) is 41.3 Å². The molecule has 0 radical (unpaired) electrons. The van der Waals surface area contributed by atoms with Crippen molar-refractivity contribution in [3.05, 3.63) is 35.1 Å². The Balaban J connectivity index is 2.35. The van der Waals surface area contributed by atoms with Crippen molar-refractivity contribution < 1.29 is 14.3 Å². The molecule has 2 amide bonds. The van der Waals surface area contributed by atoms with E-state index in [0.717, 1.165) is 16.0 Å². The Hall–Kier alpha value is -2.13. The van der Waals surface area contributed by atoms with Crippen LogP contribution in [0.4, 0.5) is 9.59 Å². The number of urea groups is 1. The van der Waals surface area contributed by atoms with Gasteiger partial charge in [-0.25, -0.2) is 9.59 Å². The third-order valence-corrected chi connectivity index (χ3v) is 4.30. The molecule has 0 saturated heterocycles. The van der Waals surface area contributed by atoms with Gasteiger partial charge in [0.2, 0.25) is 4.80 Å². The molecule has 0 atom stereocenters. The molecule has 0 bridgehead atoms. The van der Waals surface area contributed by atoms with Crippen molar-refractivity contribution in [1.82, 2.24) is 14.7 Å². The van der Waals surface area contributed by atoms with Gasteiger partial charge in [-0.3, -0.25) is 0 Å². The van der Waals surface area contributed by atoms with E-state index >= 15 is 0 Å². The predicted octanol–water partition coefficient (Wildman–Crippen LogP) is 2.30. The maximum absolute atomic E-state index is 12.2. The normalized spacial score (nSPS) is 11.3. The molecule has 0 aliphatic heterocycles. The van der Waals surface area contributed by atoms with Crippen molar-refractivity contribution in [1.29, 1.82) is 0 Å². The number of amides is 2. The minimum Gasteiger partial charge on any atom is -0.409 e. The van der Waals surface area contributed by atoms with Crippen LogP contribution in [0.3, 0.4) is 0 Å². The van der Waals surface area contributed by atoms with Crippen molar-refractivity contribution in [2.45, 2.75) is 4.34 Å². The second kappa shape index (κ2) is 7.23. The van der Waals surface area contributed by atoms with Crippen LogP contribution < -0.4 is 9.54 Å². The Kier molecular flexibility index (Phi) is 5.34. The molecule has 0 spiro atoms. The molecule has 0 aliphatic rings. The van der Waals surface area contributed by atoms with E-state index in [1.165, 1.54) is 16.7 Å². The summed E-state index contributed by atoms with van der Waals surface area (Å²) in [6.45, 7) is 0. The molecule has 0 N–H and O–H groups in total. The Morgan fingerprint density at radius 2 is 2.00 bits per heavy atom. The van der Waals surface area contributed by atoms with Crippen LogP contribution in [0.2, 0.25) is 0 Å². The van der Waals surface area contributed by atoms with Gasteiger partial charge in [0.05, 0.1) is 0 Å². The highest BCUT2D eigenvalue weighted by Crippen LogP contribution is 2.14. The summed E-state index contributed by atoms with van der Waals surface area (Å²) >= 11 is 2.50. The molecule has 0 saturated carbocycles. The van der Waals surface area contributed by atoms with Crippen LogP contribution >= 0.6 is 23.1 Å². The standard InChI is InChI=1S/C13H14N4O3S2/c1-16(2)10(18)14-11-17(15-12(21-3)22-11)13(19)20-9-7-5-4-6-8-9/h4-8H,1-3H3. The molecule has 22 heavy (non-hydrogen) atoms. The van der Waals surface area contributed by atoms with E-state index in [1.54, 1.807) is 38.4 Å². The number of ether oxygens (including phenoxy) is 1. The lowest BCUT2D eigenvalue weighted by molar-refractivity contribution is 0.197. The molecule has 2 rings (SSSR count). The second-order valence-electron chi connectivity index (χ2n) is 4.24. The van der Waals surface area contributed by atoms with Crippen LogP contribution in [-0.4, -0.2) is 47.2 Å². The molecular weight excluding hydrogens is 324 g/mol. The molecule has 116 valence electrons. The van der Waals surface area contributed by atoms with Gasteiger partial charge in [0.1, 0.15) is 5.75 Å². The number of carbonyl (C=O) groups excluding carboxylic acids is 2. The van der Waals surface area contributed by atoms with Crippen LogP contribution in [0.1, 0.15) is 0 Å². The molecule has 0 unspecified atom stereocenters. The number of benzene rings is 1. The average Bonchev–Trinajstić information content (AvgIpc) is 2.91. The number of hydrogen-bond donors (Lipinski definition) is 0. The first kappa shape index (κ1) is 16.2. The minimum atomic E-state index is -0.715. The maximum atomic E-state index is 12.2. The fourth-order valence-corrected chi connectivity index (χ4v) is 2.68. The largest absolute Gasteiger partial charge is 0.442 e. The molecule has 9 heteroatoms. The van der Waals surface area contributed by atoms with E-state index < -0.39 is 12.1 Å². The molecule has 2 aromatic rings. The van der Waals surface area contributed by atoms with Crippen LogP contribution in [0.15, 0.2) is 39.7 Å². The van der Waals surface area contributed by atoms with E-state index in [1.807, 2.05) is 12.3 Å². The number of hydrogen-bond acceptors (Lipinski definition) is 6. The third kappa shape index (κ3) is 3.95. The Morgan fingerprint density at radius 1 is 1.32 bits per heavy atom. The van der Waals surface area contributed by atoms with Gasteiger partial charge >= 0.3 is 12.1 Å². The second-order valence-corrected chi connectivity index (χ2v) is 6.25. The average molecular weight is 338 g/mol. The Labute approximate surface area is 135 Å². The highest BCUT2D eigenvalue weighted by molar-refractivity contribution is 8.00. The molecule has 0 fully saturated rings. The molecular formula is C13H14N4O3S2. The summed E-state index contributed by atoms with van der Waals surface area (Å²) in [5.74, 6) is 0.392. The quantitative estimate of drug-likeness (QED) is 0.785. The lowest BCUT2D eigenvalue weighted by Crippen LogP contribution is -2.30. The van der Waals surface area contributed by atoms with Crippen LogP contribution in [0, 0.1) is 0 Å². The summed E-state index contributed by atoms with van der Waals surface area (Å²) in [4.78, 5) is 29.3. The number of thioether (sulfide) groups is 1. The maximum Gasteiger partial charge on any atom is 0.442 e. The van der Waals surface area contributed by atoms with Gasteiger partial charge in [-0.15, -0.1) is 9.78 Å². The van der Waals surface area contributed by atoms with Crippen molar-refractivity contribution in [2.75, 3.05) is 20.4 Å². The molecule has 1 aromatic heterocycles. The van der Waals surface area contributed by atoms with E-state index in [2.05, 4.69) is 10.1 Å². The van der Waals surface area contributed by atoms with Gasteiger partial charge < -0.3 is 9.64 Å². The summed E-state index contributed by atoms with van der Waals surface area (Å²) in [7, 11) is 3.16. The van der Waals surface area contributed by atoms with Crippen molar-refractivity contribution in [3.63, 3.8) is 0 Å². The lowest BCUT2D eigenvalue weighted by atomic mass is 10.3. The smallest absolute Gasteiger partial charge is 0.409 e. The summed E-state index contributed by atoms with van der Waals surface area (Å²) in [6.07, 6.45) is 1.11. The summed E-state index contributed by atoms with van der Waals surface area (Å²) in [5.41, 5.74) is 0. The number of aromatic nitrogens is 2. The lowest BCUT2D eigenvalue weighted by Gasteiger charge is -2.05. The monoisotopic (exact) mass is 338 g/mol. The van der Waals surface area contributed by atoms with Crippen molar-refractivity contribution >= 4 is 35.2 Å². The zero-order chi connectivity index (χ0) is 16.1. The zero-order valence-corrected chi connectivity index (χ0v) is 13.8. The summed E-state index contributed by atoms with van der Waals surface area (Å²) in [6, 6.07) is 8.16. The number of carbonyl (C=O) groups is 2. The first-order chi connectivity index (χ1) is 10.5. The molecule has 0 aliphatic carbocycles. The Morgan fingerprint density at radius 3 is 2.59 bits per heavy atom. The van der Waals surface area contributed by atoms with Crippen molar-refractivity contribution in [3.8, 4) is 5.75 Å².